The number of nitrogens with one attached hydrogen (secondary N) is 1. The van der Waals surface area contributed by atoms with Crippen LogP contribution in [0.1, 0.15) is 27.2 Å². The molecule has 5 nitrogen and oxygen atoms in total. The van der Waals surface area contributed by atoms with Crippen LogP contribution in [0.4, 0.5) is 4.79 Å². The second-order valence-corrected chi connectivity index (χ2v) is 7.38. The van der Waals surface area contributed by atoms with Gasteiger partial charge in [0.05, 0.1) is 11.5 Å². The SMILES string of the molecule is CC(C)(C)OC(=O)NCC1CCS(=O)(=O)C1. The van der Waals surface area contributed by atoms with Crippen LogP contribution in [0.2, 0.25) is 0 Å². The number of amides is 1. The monoisotopic (exact) mass is 249 g/mol. The molecule has 1 amide bonds. The molecule has 0 aromatic rings. The van der Waals surface area contributed by atoms with Crippen molar-refractivity contribution in [3.63, 3.8) is 0 Å². The molecule has 6 heteroatoms. The molecule has 0 spiro atoms. The van der Waals surface area contributed by atoms with Crippen LogP contribution >= 0.6 is 0 Å². The number of rotatable bonds is 2. The summed E-state index contributed by atoms with van der Waals surface area (Å²) >= 11 is 0. The van der Waals surface area contributed by atoms with Crippen LogP contribution in [0.15, 0.2) is 0 Å². The van der Waals surface area contributed by atoms with E-state index < -0.39 is 21.5 Å². The molecule has 1 heterocycles. The summed E-state index contributed by atoms with van der Waals surface area (Å²) in [5.74, 6) is 0.425. The van der Waals surface area contributed by atoms with Gasteiger partial charge in [0.1, 0.15) is 5.60 Å². The summed E-state index contributed by atoms with van der Waals surface area (Å²) in [4.78, 5) is 11.3. The van der Waals surface area contributed by atoms with E-state index in [0.717, 1.165) is 0 Å². The first-order chi connectivity index (χ1) is 7.18. The van der Waals surface area contributed by atoms with Gasteiger partial charge in [-0.15, -0.1) is 0 Å². The first-order valence-corrected chi connectivity index (χ1v) is 7.17. The lowest BCUT2D eigenvalue weighted by Crippen LogP contribution is -2.35. The number of carbonyl (C=O) groups is 1. The first kappa shape index (κ1) is 13.3. The fourth-order valence-electron chi connectivity index (χ4n) is 1.57. The van der Waals surface area contributed by atoms with E-state index >= 15 is 0 Å². The third kappa shape index (κ3) is 4.83. The van der Waals surface area contributed by atoms with Crippen LogP contribution < -0.4 is 5.32 Å². The largest absolute Gasteiger partial charge is 0.444 e. The Balaban J connectivity index is 2.29. The molecule has 1 atom stereocenters. The zero-order chi connectivity index (χ0) is 12.4. The van der Waals surface area contributed by atoms with Crippen LogP contribution in [0.5, 0.6) is 0 Å². The maximum absolute atomic E-state index is 11.3. The predicted octanol–water partition coefficient (Wildman–Crippen LogP) is 0.946. The Morgan fingerprint density at radius 2 is 2.06 bits per heavy atom. The molecule has 0 bridgehead atoms. The van der Waals surface area contributed by atoms with Crippen molar-refractivity contribution in [2.75, 3.05) is 18.1 Å². The summed E-state index contributed by atoms with van der Waals surface area (Å²) in [6, 6.07) is 0. The molecular formula is C10H19NO4S. The third-order valence-electron chi connectivity index (χ3n) is 2.26. The topological polar surface area (TPSA) is 72.5 Å². The Morgan fingerprint density at radius 3 is 2.50 bits per heavy atom. The Hall–Kier alpha value is -0.780. The highest BCUT2D eigenvalue weighted by molar-refractivity contribution is 7.91. The lowest BCUT2D eigenvalue weighted by atomic mass is 10.1. The van der Waals surface area contributed by atoms with Gasteiger partial charge in [0.15, 0.2) is 9.84 Å². The van der Waals surface area contributed by atoms with Gasteiger partial charge in [0, 0.05) is 6.54 Å². The fraction of sp³-hybridized carbons (Fsp3) is 0.900. The highest BCUT2D eigenvalue weighted by atomic mass is 32.2. The van der Waals surface area contributed by atoms with Crippen molar-refractivity contribution in [2.24, 2.45) is 5.92 Å². The maximum atomic E-state index is 11.3. The minimum Gasteiger partial charge on any atom is -0.444 e. The van der Waals surface area contributed by atoms with Crippen LogP contribution in [-0.4, -0.2) is 38.2 Å². The Labute approximate surface area is 96.5 Å². The highest BCUT2D eigenvalue weighted by Gasteiger charge is 2.28. The van der Waals surface area contributed by atoms with Crippen LogP contribution in [-0.2, 0) is 14.6 Å². The fourth-order valence-corrected chi connectivity index (χ4v) is 3.44. The van der Waals surface area contributed by atoms with Crippen molar-refractivity contribution in [2.45, 2.75) is 32.8 Å². The molecule has 1 N–H and O–H groups in total. The average Bonchev–Trinajstić information content (AvgIpc) is 2.39. The van der Waals surface area contributed by atoms with Crippen LogP contribution in [0.25, 0.3) is 0 Å². The Kier molecular flexibility index (Phi) is 3.83. The number of hydrogen-bond acceptors (Lipinski definition) is 4. The van der Waals surface area contributed by atoms with E-state index in [4.69, 9.17) is 4.74 Å². The van der Waals surface area contributed by atoms with Gasteiger partial charge in [0.2, 0.25) is 0 Å². The molecule has 1 rings (SSSR count). The quantitative estimate of drug-likeness (QED) is 0.790. The molecule has 0 radical (unpaired) electrons. The Bertz CT molecular complexity index is 356. The van der Waals surface area contributed by atoms with Crippen molar-refractivity contribution in [1.82, 2.24) is 5.32 Å². The summed E-state index contributed by atoms with van der Waals surface area (Å²) in [7, 11) is -2.87. The summed E-state index contributed by atoms with van der Waals surface area (Å²) in [5, 5.41) is 2.59. The van der Waals surface area contributed by atoms with Gasteiger partial charge in [-0.25, -0.2) is 13.2 Å². The van der Waals surface area contributed by atoms with E-state index in [1.807, 2.05) is 0 Å². The van der Waals surface area contributed by atoms with Gasteiger partial charge in [-0.05, 0) is 33.1 Å². The van der Waals surface area contributed by atoms with Crippen molar-refractivity contribution in [3.05, 3.63) is 0 Å². The van der Waals surface area contributed by atoms with Gasteiger partial charge >= 0.3 is 6.09 Å². The molecule has 94 valence electrons. The van der Waals surface area contributed by atoms with Gasteiger partial charge in [0.25, 0.3) is 0 Å². The van der Waals surface area contributed by atoms with Gasteiger partial charge in [-0.1, -0.05) is 0 Å². The number of alkyl carbamates (subject to hydrolysis) is 1. The summed E-state index contributed by atoms with van der Waals surface area (Å²) < 4.78 is 27.4. The van der Waals surface area contributed by atoms with Gasteiger partial charge < -0.3 is 10.1 Å². The molecule has 1 unspecified atom stereocenters. The van der Waals surface area contributed by atoms with Crippen molar-refractivity contribution >= 4 is 15.9 Å². The van der Waals surface area contributed by atoms with E-state index in [9.17, 15) is 13.2 Å². The third-order valence-corrected chi connectivity index (χ3v) is 4.10. The second kappa shape index (κ2) is 4.61. The number of ether oxygens (including phenoxy) is 1. The smallest absolute Gasteiger partial charge is 0.407 e. The van der Waals surface area contributed by atoms with Gasteiger partial charge in [-0.3, -0.25) is 0 Å². The standard InChI is InChI=1S/C10H19NO4S/c1-10(2,3)15-9(12)11-6-8-4-5-16(13,14)7-8/h8H,4-7H2,1-3H3,(H,11,12). The number of carbonyl (C=O) groups excluding carboxylic acids is 1. The van der Waals surface area contributed by atoms with E-state index in [0.29, 0.717) is 13.0 Å². The van der Waals surface area contributed by atoms with E-state index in [1.165, 1.54) is 0 Å². The summed E-state index contributed by atoms with van der Waals surface area (Å²) in [5.41, 5.74) is -0.522. The van der Waals surface area contributed by atoms with E-state index in [2.05, 4.69) is 5.32 Å². The number of hydrogen-bond donors (Lipinski definition) is 1. The van der Waals surface area contributed by atoms with Crippen molar-refractivity contribution < 1.29 is 17.9 Å². The zero-order valence-electron chi connectivity index (χ0n) is 9.95. The molecule has 1 aliphatic heterocycles. The molecule has 16 heavy (non-hydrogen) atoms. The lowest BCUT2D eigenvalue weighted by molar-refractivity contribution is 0.0521. The number of sulfone groups is 1. The summed E-state index contributed by atoms with van der Waals surface area (Å²) in [6.07, 6.45) is 0.134. The predicted molar refractivity (Wildman–Crippen MR) is 61.0 cm³/mol. The minimum atomic E-state index is -2.87. The first-order valence-electron chi connectivity index (χ1n) is 5.35. The molecule has 0 aromatic heterocycles. The van der Waals surface area contributed by atoms with E-state index in [-0.39, 0.29) is 17.4 Å². The lowest BCUT2D eigenvalue weighted by Gasteiger charge is -2.20. The molecule has 0 aromatic carbocycles. The molecule has 0 saturated carbocycles. The molecule has 1 fully saturated rings. The van der Waals surface area contributed by atoms with Crippen molar-refractivity contribution in [1.29, 1.82) is 0 Å². The molecule has 0 aliphatic carbocycles. The van der Waals surface area contributed by atoms with E-state index in [1.54, 1.807) is 20.8 Å². The molecular weight excluding hydrogens is 230 g/mol. The second-order valence-electron chi connectivity index (χ2n) is 5.15. The minimum absolute atomic E-state index is 0.0255. The Morgan fingerprint density at radius 1 is 1.44 bits per heavy atom. The molecule has 1 saturated heterocycles. The normalized spacial score (nSPS) is 24.1. The van der Waals surface area contributed by atoms with Gasteiger partial charge in [-0.2, -0.15) is 0 Å². The maximum Gasteiger partial charge on any atom is 0.407 e. The molecule has 1 aliphatic rings. The highest BCUT2D eigenvalue weighted by Crippen LogP contribution is 2.17. The summed E-state index contributed by atoms with van der Waals surface area (Å²) in [6.45, 7) is 5.72. The zero-order valence-corrected chi connectivity index (χ0v) is 10.8. The van der Waals surface area contributed by atoms with Crippen LogP contribution in [0, 0.1) is 5.92 Å². The average molecular weight is 249 g/mol. The van der Waals surface area contributed by atoms with Crippen molar-refractivity contribution in [3.8, 4) is 0 Å². The van der Waals surface area contributed by atoms with Crippen LogP contribution in [0.3, 0.4) is 0 Å².